The van der Waals surface area contributed by atoms with Crippen LogP contribution in [-0.2, 0) is 0 Å². The number of hydrazine groups is 1. The Morgan fingerprint density at radius 2 is 2.07 bits per heavy atom. The minimum atomic E-state index is -0.0516. The number of carbonyl (C=O) groups is 1. The molecule has 0 saturated carbocycles. The summed E-state index contributed by atoms with van der Waals surface area (Å²) < 4.78 is 1.90. The molecule has 1 aliphatic heterocycles. The Kier molecular flexibility index (Phi) is 2.99. The van der Waals surface area contributed by atoms with Gasteiger partial charge < -0.3 is 0 Å². The van der Waals surface area contributed by atoms with Crippen LogP contribution in [0.4, 0.5) is 10.5 Å². The molecule has 0 radical (unpaired) electrons. The second kappa shape index (κ2) is 4.11. The molecule has 1 aromatic carbocycles. The highest BCUT2D eigenvalue weighted by atomic mass is 79.9. The van der Waals surface area contributed by atoms with Crippen LogP contribution in [0.5, 0.6) is 0 Å². The van der Waals surface area contributed by atoms with E-state index in [9.17, 15) is 4.79 Å². The van der Waals surface area contributed by atoms with E-state index in [0.29, 0.717) is 6.67 Å². The molecular formula is C9H9Br2N3O. The zero-order chi connectivity index (χ0) is 11.0. The highest BCUT2D eigenvalue weighted by Crippen LogP contribution is 2.28. The number of anilines is 1. The Morgan fingerprint density at radius 3 is 2.60 bits per heavy atom. The number of urea groups is 1. The lowest BCUT2D eigenvalue weighted by atomic mass is 10.3. The van der Waals surface area contributed by atoms with Gasteiger partial charge in [0.25, 0.3) is 0 Å². The van der Waals surface area contributed by atoms with Crippen LogP contribution in [0.1, 0.15) is 0 Å². The van der Waals surface area contributed by atoms with E-state index in [1.54, 1.807) is 11.9 Å². The Bertz CT molecular complexity index is 410. The lowest BCUT2D eigenvalue weighted by Crippen LogP contribution is -2.31. The van der Waals surface area contributed by atoms with E-state index in [1.807, 2.05) is 18.2 Å². The number of carbonyl (C=O) groups excluding carboxylic acids is 1. The van der Waals surface area contributed by atoms with Crippen molar-refractivity contribution in [3.05, 3.63) is 27.1 Å². The van der Waals surface area contributed by atoms with Crippen LogP contribution in [-0.4, -0.2) is 24.8 Å². The molecule has 1 aliphatic rings. The van der Waals surface area contributed by atoms with Crippen LogP contribution >= 0.6 is 31.9 Å². The number of nitrogens with zero attached hydrogens (tertiary/aromatic N) is 2. The molecule has 0 aliphatic carbocycles. The summed E-state index contributed by atoms with van der Waals surface area (Å²) in [6, 6.07) is 5.66. The van der Waals surface area contributed by atoms with Crippen molar-refractivity contribution >= 4 is 43.6 Å². The maximum atomic E-state index is 11.7. The van der Waals surface area contributed by atoms with Gasteiger partial charge in [0, 0.05) is 21.7 Å². The third-order valence-electron chi connectivity index (χ3n) is 2.20. The van der Waals surface area contributed by atoms with Crippen molar-refractivity contribution in [1.82, 2.24) is 10.4 Å². The van der Waals surface area contributed by atoms with E-state index in [2.05, 4.69) is 37.3 Å². The van der Waals surface area contributed by atoms with Crippen LogP contribution in [0.15, 0.2) is 27.1 Å². The second-order valence-corrected chi connectivity index (χ2v) is 4.89. The molecule has 2 amide bonds. The Balaban J connectivity index is 2.31. The van der Waals surface area contributed by atoms with Crippen LogP contribution in [0.2, 0.25) is 0 Å². The average Bonchev–Trinajstić information content (AvgIpc) is 2.53. The molecule has 1 fully saturated rings. The molecule has 1 N–H and O–H groups in total. The average molecular weight is 335 g/mol. The number of hydrogen-bond acceptors (Lipinski definition) is 2. The van der Waals surface area contributed by atoms with E-state index < -0.39 is 0 Å². The van der Waals surface area contributed by atoms with Crippen molar-refractivity contribution in [2.24, 2.45) is 0 Å². The fourth-order valence-electron chi connectivity index (χ4n) is 1.35. The largest absolute Gasteiger partial charge is 0.339 e. The lowest BCUT2D eigenvalue weighted by Gasteiger charge is -2.14. The summed E-state index contributed by atoms with van der Waals surface area (Å²) in [4.78, 5) is 13.3. The van der Waals surface area contributed by atoms with Gasteiger partial charge in [0.05, 0.1) is 6.67 Å². The first kappa shape index (κ1) is 10.9. The highest BCUT2D eigenvalue weighted by molar-refractivity contribution is 9.13. The normalized spacial score (nSPS) is 16.3. The third-order valence-corrected chi connectivity index (χ3v) is 4.08. The quantitative estimate of drug-likeness (QED) is 0.856. The van der Waals surface area contributed by atoms with Crippen molar-refractivity contribution in [2.45, 2.75) is 0 Å². The molecule has 1 saturated heterocycles. The van der Waals surface area contributed by atoms with E-state index >= 15 is 0 Å². The minimum absolute atomic E-state index is 0.0516. The molecule has 0 atom stereocenters. The maximum Gasteiger partial charge on any atom is 0.339 e. The molecule has 1 aromatic rings. The molecule has 6 heteroatoms. The SMILES string of the molecule is CN1NCN(c2ccc(Br)c(Br)c2)C1=O. The number of halogens is 2. The molecular weight excluding hydrogens is 326 g/mol. The summed E-state index contributed by atoms with van der Waals surface area (Å²) in [5, 5.41) is 1.47. The molecule has 1 heterocycles. The number of nitrogens with one attached hydrogen (secondary N) is 1. The van der Waals surface area contributed by atoms with Gasteiger partial charge in [0.15, 0.2) is 0 Å². The monoisotopic (exact) mass is 333 g/mol. The summed E-state index contributed by atoms with van der Waals surface area (Å²) in [6.45, 7) is 0.503. The van der Waals surface area contributed by atoms with Gasteiger partial charge >= 0.3 is 6.03 Å². The first-order valence-electron chi connectivity index (χ1n) is 4.33. The summed E-state index contributed by atoms with van der Waals surface area (Å²) in [6.07, 6.45) is 0. The van der Waals surface area contributed by atoms with Crippen LogP contribution in [0, 0.1) is 0 Å². The van der Waals surface area contributed by atoms with Gasteiger partial charge in [-0.1, -0.05) is 0 Å². The van der Waals surface area contributed by atoms with Crippen LogP contribution in [0.3, 0.4) is 0 Å². The van der Waals surface area contributed by atoms with E-state index in [-0.39, 0.29) is 6.03 Å². The molecule has 4 nitrogen and oxygen atoms in total. The predicted molar refractivity (Wildman–Crippen MR) is 65.5 cm³/mol. The molecule has 0 spiro atoms. The fraction of sp³-hybridized carbons (Fsp3) is 0.222. The smallest absolute Gasteiger partial charge is 0.278 e. The predicted octanol–water partition coefficient (Wildman–Crippen LogP) is 2.55. The van der Waals surface area contributed by atoms with E-state index in [0.717, 1.165) is 14.6 Å². The first-order chi connectivity index (χ1) is 7.09. The standard InChI is InChI=1S/C9H9Br2N3O/c1-13-9(15)14(5-12-13)6-2-3-7(10)8(11)4-6/h2-4,12H,5H2,1H3. The number of hydrogen-bond donors (Lipinski definition) is 1. The van der Waals surface area contributed by atoms with Gasteiger partial charge in [-0.3, -0.25) is 9.91 Å². The number of amides is 2. The zero-order valence-electron chi connectivity index (χ0n) is 8.00. The fourth-order valence-corrected chi connectivity index (χ4v) is 1.96. The van der Waals surface area contributed by atoms with Gasteiger partial charge in [0.2, 0.25) is 0 Å². The molecule has 0 bridgehead atoms. The van der Waals surface area contributed by atoms with Gasteiger partial charge in [-0.2, -0.15) is 0 Å². The first-order valence-corrected chi connectivity index (χ1v) is 5.92. The van der Waals surface area contributed by atoms with E-state index in [1.165, 1.54) is 5.01 Å². The van der Waals surface area contributed by atoms with Crippen molar-refractivity contribution in [3.8, 4) is 0 Å². The summed E-state index contributed by atoms with van der Waals surface area (Å²) in [7, 11) is 1.70. The Labute approximate surface area is 104 Å². The van der Waals surface area contributed by atoms with Gasteiger partial charge in [0.1, 0.15) is 0 Å². The molecule has 80 valence electrons. The Hall–Kier alpha value is -0.590. The van der Waals surface area contributed by atoms with E-state index in [4.69, 9.17) is 0 Å². The summed E-state index contributed by atoms with van der Waals surface area (Å²) in [5.41, 5.74) is 3.80. The summed E-state index contributed by atoms with van der Waals surface area (Å²) in [5.74, 6) is 0. The van der Waals surface area contributed by atoms with Gasteiger partial charge in [-0.05, 0) is 50.1 Å². The molecule has 0 aromatic heterocycles. The van der Waals surface area contributed by atoms with Crippen molar-refractivity contribution in [3.63, 3.8) is 0 Å². The van der Waals surface area contributed by atoms with Crippen LogP contribution < -0.4 is 10.3 Å². The molecule has 2 rings (SSSR count). The van der Waals surface area contributed by atoms with Crippen molar-refractivity contribution < 1.29 is 4.79 Å². The summed E-state index contributed by atoms with van der Waals surface area (Å²) >= 11 is 6.80. The van der Waals surface area contributed by atoms with Gasteiger partial charge in [-0.15, -0.1) is 0 Å². The van der Waals surface area contributed by atoms with Crippen molar-refractivity contribution in [2.75, 3.05) is 18.6 Å². The topological polar surface area (TPSA) is 35.6 Å². The minimum Gasteiger partial charge on any atom is -0.278 e. The van der Waals surface area contributed by atoms with Crippen molar-refractivity contribution in [1.29, 1.82) is 0 Å². The van der Waals surface area contributed by atoms with Crippen LogP contribution in [0.25, 0.3) is 0 Å². The number of rotatable bonds is 1. The maximum absolute atomic E-state index is 11.7. The molecule has 15 heavy (non-hydrogen) atoms. The third kappa shape index (κ3) is 2.02. The highest BCUT2D eigenvalue weighted by Gasteiger charge is 2.26. The Morgan fingerprint density at radius 1 is 1.33 bits per heavy atom. The number of benzene rings is 1. The zero-order valence-corrected chi connectivity index (χ0v) is 11.2. The van der Waals surface area contributed by atoms with Gasteiger partial charge in [-0.25, -0.2) is 10.2 Å². The lowest BCUT2D eigenvalue weighted by molar-refractivity contribution is 0.217. The second-order valence-electron chi connectivity index (χ2n) is 3.18. The molecule has 0 unspecified atom stereocenters.